The van der Waals surface area contributed by atoms with E-state index in [1.165, 1.54) is 0 Å². The molecule has 2 unspecified atom stereocenters. The van der Waals surface area contributed by atoms with E-state index in [9.17, 15) is 25.2 Å². The molecule has 0 aliphatic carbocycles. The zero-order valence-corrected chi connectivity index (χ0v) is 21.8. The first-order valence-electron chi connectivity index (χ1n) is 11.2. The van der Waals surface area contributed by atoms with Crippen LogP contribution in [-0.4, -0.2) is 55.1 Å². The lowest BCUT2D eigenvalue weighted by Crippen LogP contribution is -2.48. The van der Waals surface area contributed by atoms with Crippen LogP contribution in [0, 0.1) is 0 Å². The number of aliphatic hydroxyl groups is 3. The fourth-order valence-electron chi connectivity index (χ4n) is 4.15. The van der Waals surface area contributed by atoms with Gasteiger partial charge in [0.25, 0.3) is 5.91 Å². The molecule has 0 fully saturated rings. The summed E-state index contributed by atoms with van der Waals surface area (Å²) in [7, 11) is 0. The fraction of sp³-hybridized carbons (Fsp3) is 0.423. The summed E-state index contributed by atoms with van der Waals surface area (Å²) in [6, 6.07) is 11.8. The van der Waals surface area contributed by atoms with Crippen molar-refractivity contribution in [3.8, 4) is 5.75 Å². The minimum Gasteiger partial charge on any atom is -0.508 e. The summed E-state index contributed by atoms with van der Waals surface area (Å²) in [5.74, 6) is -0.157. The van der Waals surface area contributed by atoms with Gasteiger partial charge in [-0.25, -0.2) is 0 Å². The molecule has 0 saturated carbocycles. The summed E-state index contributed by atoms with van der Waals surface area (Å²) < 4.78 is 5.91. The Morgan fingerprint density at radius 3 is 2.50 bits per heavy atom. The second kappa shape index (κ2) is 10.7. The predicted octanol–water partition coefficient (Wildman–Crippen LogP) is 3.77. The lowest BCUT2D eigenvalue weighted by atomic mass is 9.89. The molecule has 8 heteroatoms. The summed E-state index contributed by atoms with van der Waals surface area (Å²) >= 11 is 1.93. The molecule has 184 valence electrons. The number of phenolic OH excluding ortho intramolecular Hbond substituents is 1. The quantitative estimate of drug-likeness (QED) is 0.147. The third-order valence-corrected chi connectivity index (χ3v) is 6.40. The normalized spacial score (nSPS) is 19.4. The molecule has 7 nitrogen and oxygen atoms in total. The molecule has 0 radical (unpaired) electrons. The topological polar surface area (TPSA) is 110 Å². The van der Waals surface area contributed by atoms with E-state index in [0.717, 1.165) is 5.57 Å². The van der Waals surface area contributed by atoms with Crippen LogP contribution in [-0.2, 0) is 16.1 Å². The average molecular weight is 581 g/mol. The summed E-state index contributed by atoms with van der Waals surface area (Å²) in [4.78, 5) is 15.5. The Labute approximate surface area is 213 Å². The third kappa shape index (κ3) is 5.46. The van der Waals surface area contributed by atoms with E-state index in [1.54, 1.807) is 61.2 Å². The van der Waals surface area contributed by atoms with Crippen molar-refractivity contribution < 1.29 is 30.0 Å². The van der Waals surface area contributed by atoms with Crippen LogP contribution in [0.15, 0.2) is 54.1 Å². The van der Waals surface area contributed by atoms with Crippen LogP contribution in [0.2, 0.25) is 0 Å². The highest BCUT2D eigenvalue weighted by Gasteiger charge is 2.52. The zero-order chi connectivity index (χ0) is 25.1. The molecular formula is C26H32INO6. The maximum absolute atomic E-state index is 13.8. The first kappa shape index (κ1) is 26.6. The van der Waals surface area contributed by atoms with E-state index in [1.807, 2.05) is 35.6 Å². The van der Waals surface area contributed by atoms with E-state index < -0.39 is 15.4 Å². The van der Waals surface area contributed by atoms with E-state index in [-0.39, 0.29) is 31.4 Å². The Hall–Kier alpha value is -1.98. The number of hydrogen-bond acceptors (Lipinski definition) is 6. The van der Waals surface area contributed by atoms with E-state index in [2.05, 4.69) is 0 Å². The van der Waals surface area contributed by atoms with E-state index in [0.29, 0.717) is 35.1 Å². The Kier molecular flexibility index (Phi) is 8.41. The smallest absolute Gasteiger partial charge is 0.257 e. The second-order valence-corrected chi connectivity index (χ2v) is 10.5. The average Bonchev–Trinajstić information content (AvgIpc) is 3.01. The number of aromatic hydroxyl groups is 1. The summed E-state index contributed by atoms with van der Waals surface area (Å²) in [5.41, 5.74) is 0.798. The van der Waals surface area contributed by atoms with Crippen molar-refractivity contribution in [2.45, 2.75) is 49.0 Å². The molecular weight excluding hydrogens is 549 g/mol. The maximum atomic E-state index is 13.8. The van der Waals surface area contributed by atoms with Gasteiger partial charge in [-0.1, -0.05) is 58.5 Å². The molecule has 0 aromatic heterocycles. The highest BCUT2D eigenvalue weighted by atomic mass is 127. The Morgan fingerprint density at radius 1 is 1.24 bits per heavy atom. The van der Waals surface area contributed by atoms with Crippen LogP contribution in [0.1, 0.15) is 60.7 Å². The van der Waals surface area contributed by atoms with Crippen molar-refractivity contribution in [1.82, 2.24) is 4.90 Å². The van der Waals surface area contributed by atoms with Crippen LogP contribution in [0.5, 0.6) is 5.75 Å². The summed E-state index contributed by atoms with van der Waals surface area (Å²) in [5, 5.41) is 39.5. The Morgan fingerprint density at radius 2 is 1.91 bits per heavy atom. The van der Waals surface area contributed by atoms with Gasteiger partial charge >= 0.3 is 0 Å². The number of carbonyl (C=O) groups excluding carboxylic acids is 1. The predicted molar refractivity (Wildman–Crippen MR) is 138 cm³/mol. The van der Waals surface area contributed by atoms with Crippen LogP contribution < -0.4 is 0 Å². The number of ether oxygens (including phenoxy) is 1. The molecule has 34 heavy (non-hydrogen) atoms. The van der Waals surface area contributed by atoms with Gasteiger partial charge in [-0.3, -0.25) is 9.69 Å². The molecule has 2 aromatic rings. The Bertz CT molecular complexity index is 1040. The first-order chi connectivity index (χ1) is 16.0. The maximum Gasteiger partial charge on any atom is 0.257 e. The second-order valence-electron chi connectivity index (χ2n) is 9.05. The van der Waals surface area contributed by atoms with Crippen LogP contribution in [0.3, 0.4) is 0 Å². The number of aliphatic hydroxyl groups excluding tert-OH is 2. The third-order valence-electron chi connectivity index (χ3n) is 5.89. The van der Waals surface area contributed by atoms with Gasteiger partial charge in [-0.15, -0.1) is 0 Å². The van der Waals surface area contributed by atoms with Crippen LogP contribution in [0.25, 0.3) is 0 Å². The number of nitrogens with zero attached hydrogens (tertiary/aromatic N) is 1. The summed E-state index contributed by atoms with van der Waals surface area (Å²) in [6.45, 7) is 5.61. The summed E-state index contributed by atoms with van der Waals surface area (Å²) in [6.07, 6.45) is 2.72. The number of halogens is 1. The lowest BCUT2D eigenvalue weighted by molar-refractivity contribution is -0.107. The minimum absolute atomic E-state index is 0.0589. The monoisotopic (exact) mass is 581 g/mol. The molecule has 0 saturated heterocycles. The molecule has 0 spiro atoms. The van der Waals surface area contributed by atoms with Crippen molar-refractivity contribution in [3.05, 3.63) is 76.4 Å². The molecule has 3 rings (SSSR count). The van der Waals surface area contributed by atoms with Gasteiger partial charge in [-0.05, 0) is 51.0 Å². The number of phenols is 1. The van der Waals surface area contributed by atoms with Crippen LogP contribution >= 0.6 is 22.6 Å². The number of rotatable bonds is 10. The van der Waals surface area contributed by atoms with E-state index >= 15 is 0 Å². The first-order valence-corrected chi connectivity index (χ1v) is 12.5. The lowest BCUT2D eigenvalue weighted by Gasteiger charge is -2.40. The van der Waals surface area contributed by atoms with Gasteiger partial charge in [0.2, 0.25) is 0 Å². The number of benzene rings is 2. The van der Waals surface area contributed by atoms with E-state index in [4.69, 9.17) is 4.74 Å². The largest absolute Gasteiger partial charge is 0.508 e. The van der Waals surface area contributed by atoms with Gasteiger partial charge in [0.15, 0.2) is 5.72 Å². The zero-order valence-electron chi connectivity index (χ0n) is 19.7. The van der Waals surface area contributed by atoms with Crippen molar-refractivity contribution >= 4 is 28.5 Å². The van der Waals surface area contributed by atoms with Crippen molar-refractivity contribution in [2.75, 3.05) is 19.8 Å². The molecule has 1 amide bonds. The van der Waals surface area contributed by atoms with Crippen LogP contribution in [0.4, 0.5) is 0 Å². The molecule has 2 aromatic carbocycles. The molecule has 1 aliphatic rings. The highest BCUT2D eigenvalue weighted by Crippen LogP contribution is 2.47. The molecule has 2 atom stereocenters. The SMILES string of the molecule is C/C(=C\CC(O)I)CN1C(=O)c2cc(C(C)(C)O)ccc2C1(OCCCO)c1ccc(O)cc1. The number of hydrogen-bond donors (Lipinski definition) is 4. The van der Waals surface area contributed by atoms with Gasteiger partial charge in [-0.2, -0.15) is 0 Å². The minimum atomic E-state index is -1.29. The Balaban J connectivity index is 2.21. The highest BCUT2D eigenvalue weighted by molar-refractivity contribution is 14.1. The fourth-order valence-corrected chi connectivity index (χ4v) is 4.40. The molecule has 1 heterocycles. The van der Waals surface area contributed by atoms with Crippen molar-refractivity contribution in [1.29, 1.82) is 0 Å². The molecule has 0 bridgehead atoms. The number of alkyl halides is 1. The molecule has 1 aliphatic heterocycles. The number of fused-ring (bicyclic) bond motifs is 1. The van der Waals surface area contributed by atoms with Gasteiger partial charge in [0, 0.05) is 36.3 Å². The number of amides is 1. The van der Waals surface area contributed by atoms with Crippen molar-refractivity contribution in [3.63, 3.8) is 0 Å². The standard InChI is InChI=1S/C26H32INO6/c1-17(5-12-23(27)31)16-28-24(32)21-15-19(25(2,3)33)8-11-22(21)26(28,34-14-4-13-29)18-6-9-20(30)10-7-18/h5-11,15,23,29-31,33H,4,12-14,16H2,1-3H3/b17-5+. The molecule has 4 N–H and O–H groups in total. The van der Waals surface area contributed by atoms with Gasteiger partial charge < -0.3 is 25.2 Å². The van der Waals surface area contributed by atoms with Crippen molar-refractivity contribution in [2.24, 2.45) is 0 Å². The number of carbonyl (C=O) groups is 1. The van der Waals surface area contributed by atoms with Gasteiger partial charge in [0.1, 0.15) is 9.86 Å². The van der Waals surface area contributed by atoms with Gasteiger partial charge in [0.05, 0.1) is 12.2 Å².